The van der Waals surface area contributed by atoms with Crippen molar-refractivity contribution in [3.8, 4) is 6.07 Å². The molecule has 0 aliphatic carbocycles. The molecule has 1 aliphatic heterocycles. The zero-order valence-corrected chi connectivity index (χ0v) is 13.7. The number of nitrogens with zero attached hydrogens (tertiary/aromatic N) is 3. The van der Waals surface area contributed by atoms with Gasteiger partial charge < -0.3 is 4.90 Å². The van der Waals surface area contributed by atoms with E-state index in [-0.39, 0.29) is 5.91 Å². The van der Waals surface area contributed by atoms with Crippen molar-refractivity contribution >= 4 is 11.6 Å². The van der Waals surface area contributed by atoms with Crippen LogP contribution in [0.5, 0.6) is 0 Å². The number of amides is 1. The summed E-state index contributed by atoms with van der Waals surface area (Å²) in [4.78, 5) is 19.0. The third-order valence-corrected chi connectivity index (χ3v) is 4.58. The zero-order valence-electron chi connectivity index (χ0n) is 13.7. The summed E-state index contributed by atoms with van der Waals surface area (Å²) in [5, 5.41) is 9.01. The van der Waals surface area contributed by atoms with Gasteiger partial charge in [0.2, 0.25) is 0 Å². The lowest BCUT2D eigenvalue weighted by Gasteiger charge is -2.31. The molecule has 3 rings (SSSR count). The Kier molecular flexibility index (Phi) is 3.87. The predicted octanol–water partition coefficient (Wildman–Crippen LogP) is 3.47. The minimum atomic E-state index is -0.0905. The highest BCUT2D eigenvalue weighted by Crippen LogP contribution is 2.33. The van der Waals surface area contributed by atoms with Crippen LogP contribution in [-0.4, -0.2) is 17.4 Å². The van der Waals surface area contributed by atoms with Gasteiger partial charge >= 0.3 is 0 Å². The molecule has 1 amide bonds. The molecule has 0 atom stereocenters. The zero-order chi connectivity index (χ0) is 16.6. The van der Waals surface area contributed by atoms with Crippen molar-refractivity contribution in [3.63, 3.8) is 0 Å². The maximum atomic E-state index is 13.0. The van der Waals surface area contributed by atoms with Gasteiger partial charge in [0, 0.05) is 12.7 Å². The van der Waals surface area contributed by atoms with Crippen LogP contribution in [0.15, 0.2) is 24.4 Å². The van der Waals surface area contributed by atoms with Gasteiger partial charge in [-0.1, -0.05) is 12.1 Å². The van der Waals surface area contributed by atoms with Crippen LogP contribution in [-0.2, 0) is 6.42 Å². The van der Waals surface area contributed by atoms with Crippen LogP contribution >= 0.6 is 0 Å². The van der Waals surface area contributed by atoms with E-state index in [1.165, 1.54) is 17.3 Å². The molecule has 1 aromatic carbocycles. The molecule has 0 N–H and O–H groups in total. The van der Waals surface area contributed by atoms with Crippen LogP contribution in [0.4, 0.5) is 5.69 Å². The number of hydrogen-bond acceptors (Lipinski definition) is 3. The lowest BCUT2D eigenvalue weighted by atomic mass is 9.95. The summed E-state index contributed by atoms with van der Waals surface area (Å²) in [7, 11) is 0. The second-order valence-electron chi connectivity index (χ2n) is 6.07. The minimum absolute atomic E-state index is 0.0905. The fraction of sp³-hybridized carbons (Fsp3) is 0.316. The molecule has 116 valence electrons. The van der Waals surface area contributed by atoms with Crippen molar-refractivity contribution in [2.24, 2.45) is 0 Å². The van der Waals surface area contributed by atoms with E-state index >= 15 is 0 Å². The summed E-state index contributed by atoms with van der Waals surface area (Å²) in [5.41, 5.74) is 6.28. The average Bonchev–Trinajstić information content (AvgIpc) is 2.57. The van der Waals surface area contributed by atoms with Crippen molar-refractivity contribution in [2.45, 2.75) is 33.6 Å². The molecule has 23 heavy (non-hydrogen) atoms. The van der Waals surface area contributed by atoms with Gasteiger partial charge in [-0.05, 0) is 61.9 Å². The molecule has 0 bridgehead atoms. The van der Waals surface area contributed by atoms with Crippen molar-refractivity contribution in [1.82, 2.24) is 4.98 Å². The Hall–Kier alpha value is -2.67. The Morgan fingerprint density at radius 1 is 1.26 bits per heavy atom. The van der Waals surface area contributed by atoms with E-state index in [9.17, 15) is 4.79 Å². The molecule has 4 nitrogen and oxygen atoms in total. The van der Waals surface area contributed by atoms with Crippen LogP contribution in [0.1, 0.15) is 44.7 Å². The highest BCUT2D eigenvalue weighted by atomic mass is 16.2. The standard InChI is InChI=1S/C19H19N3O/c1-12-6-7-15-5-4-8-22(18(15)14(12)3)19(23)17-9-13(2)16(10-20)11-21-17/h6-7,9,11H,4-5,8H2,1-3H3. The molecule has 0 saturated carbocycles. The second-order valence-corrected chi connectivity index (χ2v) is 6.07. The van der Waals surface area contributed by atoms with Crippen molar-refractivity contribution in [2.75, 3.05) is 11.4 Å². The van der Waals surface area contributed by atoms with Gasteiger partial charge in [-0.2, -0.15) is 5.26 Å². The fourth-order valence-electron chi connectivity index (χ4n) is 3.11. The van der Waals surface area contributed by atoms with E-state index in [0.717, 1.165) is 29.7 Å². The Bertz CT molecular complexity index is 833. The number of fused-ring (bicyclic) bond motifs is 1. The summed E-state index contributed by atoms with van der Waals surface area (Å²) >= 11 is 0. The molecule has 1 aliphatic rings. The Balaban J connectivity index is 2.04. The van der Waals surface area contributed by atoms with E-state index in [2.05, 4.69) is 37.0 Å². The summed E-state index contributed by atoms with van der Waals surface area (Å²) in [5.74, 6) is -0.0905. The molecule has 0 unspecified atom stereocenters. The first-order valence-electron chi connectivity index (χ1n) is 7.80. The lowest BCUT2D eigenvalue weighted by Crippen LogP contribution is -2.36. The van der Waals surface area contributed by atoms with Crippen LogP contribution in [0.2, 0.25) is 0 Å². The monoisotopic (exact) mass is 305 g/mol. The summed E-state index contributed by atoms with van der Waals surface area (Å²) in [6.07, 6.45) is 3.44. The normalized spacial score (nSPS) is 13.4. The largest absolute Gasteiger partial charge is 0.306 e. The van der Waals surface area contributed by atoms with Gasteiger partial charge in [-0.15, -0.1) is 0 Å². The number of hydrogen-bond donors (Lipinski definition) is 0. The van der Waals surface area contributed by atoms with Gasteiger partial charge in [0.05, 0.1) is 11.3 Å². The number of benzene rings is 1. The number of carbonyl (C=O) groups excluding carboxylic acids is 1. The molecule has 0 radical (unpaired) electrons. The summed E-state index contributed by atoms with van der Waals surface area (Å²) in [6, 6.07) is 8.03. The topological polar surface area (TPSA) is 57.0 Å². The second kappa shape index (κ2) is 5.85. The molecular formula is C19H19N3O. The van der Waals surface area contributed by atoms with E-state index in [1.807, 2.05) is 11.8 Å². The quantitative estimate of drug-likeness (QED) is 0.810. The Morgan fingerprint density at radius 2 is 2.04 bits per heavy atom. The summed E-state index contributed by atoms with van der Waals surface area (Å²) < 4.78 is 0. The SMILES string of the molecule is Cc1cc(C(=O)N2CCCc3ccc(C)c(C)c32)ncc1C#N. The number of nitriles is 1. The fourth-order valence-corrected chi connectivity index (χ4v) is 3.11. The first kappa shape index (κ1) is 15.2. The first-order valence-corrected chi connectivity index (χ1v) is 7.80. The first-order chi connectivity index (χ1) is 11.0. The molecule has 0 spiro atoms. The van der Waals surface area contributed by atoms with Crippen LogP contribution in [0.3, 0.4) is 0 Å². The number of aromatic nitrogens is 1. The third kappa shape index (κ3) is 2.59. The van der Waals surface area contributed by atoms with Crippen LogP contribution < -0.4 is 4.90 Å². The smallest absolute Gasteiger partial charge is 0.276 e. The Labute approximate surface area is 136 Å². The number of anilines is 1. The van der Waals surface area contributed by atoms with E-state index in [4.69, 9.17) is 5.26 Å². The van der Waals surface area contributed by atoms with Crippen LogP contribution in [0.25, 0.3) is 0 Å². The predicted molar refractivity (Wildman–Crippen MR) is 89.6 cm³/mol. The molecular weight excluding hydrogens is 286 g/mol. The number of aryl methyl sites for hydroxylation is 3. The number of pyridine rings is 1. The lowest BCUT2D eigenvalue weighted by molar-refractivity contribution is 0.0980. The average molecular weight is 305 g/mol. The summed E-state index contributed by atoms with van der Waals surface area (Å²) in [6.45, 7) is 6.67. The highest BCUT2D eigenvalue weighted by Gasteiger charge is 2.26. The van der Waals surface area contributed by atoms with Gasteiger partial charge in [-0.25, -0.2) is 4.98 Å². The minimum Gasteiger partial charge on any atom is -0.306 e. The van der Waals surface area contributed by atoms with E-state index in [0.29, 0.717) is 17.8 Å². The molecule has 0 saturated heterocycles. The maximum absolute atomic E-state index is 13.0. The maximum Gasteiger partial charge on any atom is 0.276 e. The van der Waals surface area contributed by atoms with Crippen molar-refractivity contribution < 1.29 is 4.79 Å². The molecule has 0 fully saturated rings. The molecule has 2 heterocycles. The molecule has 4 heteroatoms. The number of rotatable bonds is 1. The van der Waals surface area contributed by atoms with Gasteiger partial charge in [-0.3, -0.25) is 4.79 Å². The van der Waals surface area contributed by atoms with Gasteiger partial charge in [0.1, 0.15) is 11.8 Å². The van der Waals surface area contributed by atoms with Gasteiger partial charge in [0.25, 0.3) is 5.91 Å². The molecule has 2 aromatic rings. The third-order valence-electron chi connectivity index (χ3n) is 4.58. The van der Waals surface area contributed by atoms with Gasteiger partial charge in [0.15, 0.2) is 0 Å². The van der Waals surface area contributed by atoms with E-state index < -0.39 is 0 Å². The van der Waals surface area contributed by atoms with Crippen LogP contribution in [0, 0.1) is 32.1 Å². The highest BCUT2D eigenvalue weighted by molar-refractivity contribution is 6.06. The van der Waals surface area contributed by atoms with Crippen molar-refractivity contribution in [3.05, 3.63) is 57.9 Å². The Morgan fingerprint density at radius 3 is 2.74 bits per heavy atom. The van der Waals surface area contributed by atoms with Crippen molar-refractivity contribution in [1.29, 1.82) is 5.26 Å². The van der Waals surface area contributed by atoms with E-state index in [1.54, 1.807) is 6.07 Å². The molecule has 1 aromatic heterocycles. The number of carbonyl (C=O) groups is 1.